The topological polar surface area (TPSA) is 40.5 Å². The van der Waals surface area contributed by atoms with Crippen LogP contribution in [0.3, 0.4) is 0 Å². The van der Waals surface area contributed by atoms with E-state index in [1.807, 2.05) is 0 Å². The van der Waals surface area contributed by atoms with Crippen molar-refractivity contribution in [3.8, 4) is 0 Å². The second-order valence-electron chi connectivity index (χ2n) is 4.68. The van der Waals surface area contributed by atoms with Crippen molar-refractivity contribution in [2.45, 2.75) is 31.7 Å². The molecule has 3 unspecified atom stereocenters. The van der Waals surface area contributed by atoms with Crippen LogP contribution in [0.15, 0.2) is 11.6 Å². The van der Waals surface area contributed by atoms with Crippen LogP contribution >= 0.6 is 0 Å². The van der Waals surface area contributed by atoms with E-state index in [9.17, 15) is 4.79 Å². The van der Waals surface area contributed by atoms with Gasteiger partial charge in [-0.2, -0.15) is 0 Å². The van der Waals surface area contributed by atoms with E-state index in [2.05, 4.69) is 6.08 Å². The number of hydrogen-bond acceptors (Lipinski definition) is 1. The van der Waals surface area contributed by atoms with Crippen LogP contribution in [0.1, 0.15) is 25.7 Å². The first kappa shape index (κ1) is 8.33. The van der Waals surface area contributed by atoms with E-state index in [1.165, 1.54) is 18.4 Å². The molecule has 14 heavy (non-hydrogen) atoms. The minimum absolute atomic E-state index is 0.250. The van der Waals surface area contributed by atoms with Gasteiger partial charge in [-0.1, -0.05) is 6.08 Å². The molecule has 2 aliphatic carbocycles. The number of amides is 1. The van der Waals surface area contributed by atoms with Crippen LogP contribution in [-0.4, -0.2) is 28.7 Å². The van der Waals surface area contributed by atoms with Gasteiger partial charge in [-0.25, -0.2) is 4.79 Å². The summed E-state index contributed by atoms with van der Waals surface area (Å²) in [6.45, 7) is 0.745. The summed E-state index contributed by atoms with van der Waals surface area (Å²) in [5, 5.41) is 9.08. The van der Waals surface area contributed by atoms with Gasteiger partial charge in [0.2, 0.25) is 0 Å². The van der Waals surface area contributed by atoms with Gasteiger partial charge >= 0.3 is 6.09 Å². The molecule has 76 valence electrons. The van der Waals surface area contributed by atoms with E-state index in [0.717, 1.165) is 19.4 Å². The molecule has 3 heteroatoms. The molecule has 3 rings (SSSR count). The lowest BCUT2D eigenvalue weighted by molar-refractivity contribution is 0.144. The Balaban J connectivity index is 1.92. The van der Waals surface area contributed by atoms with E-state index >= 15 is 0 Å². The molecule has 1 saturated carbocycles. The molecular formula is C11H15NO2. The normalized spacial score (nSPS) is 39.6. The fraction of sp³-hybridized carbons (Fsp3) is 0.727. The van der Waals surface area contributed by atoms with Crippen molar-refractivity contribution in [1.29, 1.82) is 0 Å². The van der Waals surface area contributed by atoms with Gasteiger partial charge in [0.1, 0.15) is 0 Å². The monoisotopic (exact) mass is 193 g/mol. The van der Waals surface area contributed by atoms with E-state index in [1.54, 1.807) is 4.90 Å². The lowest BCUT2D eigenvalue weighted by atomic mass is 10.0. The van der Waals surface area contributed by atoms with Crippen molar-refractivity contribution in [3.05, 3.63) is 11.6 Å². The molecule has 1 aliphatic heterocycles. The third-order valence-corrected chi connectivity index (χ3v) is 4.06. The van der Waals surface area contributed by atoms with Crippen molar-refractivity contribution in [1.82, 2.24) is 4.90 Å². The number of carbonyl (C=O) groups is 1. The number of rotatable bonds is 0. The zero-order valence-electron chi connectivity index (χ0n) is 8.15. The summed E-state index contributed by atoms with van der Waals surface area (Å²) in [6, 6.07) is 0.250. The Bertz CT molecular complexity index is 310. The lowest BCUT2D eigenvalue weighted by Gasteiger charge is -2.22. The molecule has 0 aromatic carbocycles. The van der Waals surface area contributed by atoms with Gasteiger partial charge in [-0.05, 0) is 43.1 Å². The fourth-order valence-electron chi connectivity index (χ4n) is 3.54. The summed E-state index contributed by atoms with van der Waals surface area (Å²) >= 11 is 0. The molecular weight excluding hydrogens is 178 g/mol. The van der Waals surface area contributed by atoms with Crippen LogP contribution in [0.5, 0.6) is 0 Å². The van der Waals surface area contributed by atoms with Crippen molar-refractivity contribution in [2.24, 2.45) is 11.8 Å². The number of likely N-dealkylation sites (tertiary alicyclic amines) is 1. The molecule has 0 spiro atoms. The summed E-state index contributed by atoms with van der Waals surface area (Å²) in [6.07, 6.45) is 6.29. The van der Waals surface area contributed by atoms with Crippen LogP contribution in [0.25, 0.3) is 0 Å². The molecule has 0 bridgehead atoms. The van der Waals surface area contributed by atoms with Gasteiger partial charge in [-0.3, -0.25) is 0 Å². The SMILES string of the molecule is O=C(O)N1CCC2CC3CCC=C3C21. The standard InChI is InChI=1S/C11H15NO2/c13-11(14)12-5-4-8-6-7-2-1-3-9(7)10(8)12/h3,7-8,10H,1-2,4-6H2,(H,13,14). The van der Waals surface area contributed by atoms with Gasteiger partial charge in [0, 0.05) is 6.54 Å². The van der Waals surface area contributed by atoms with Crippen molar-refractivity contribution >= 4 is 6.09 Å². The highest BCUT2D eigenvalue weighted by Gasteiger charge is 2.48. The number of carboxylic acid groups (broad SMARTS) is 1. The molecule has 3 aliphatic rings. The number of nitrogens with zero attached hydrogens (tertiary/aromatic N) is 1. The predicted octanol–water partition coefficient (Wildman–Crippen LogP) is 2.09. The van der Waals surface area contributed by atoms with E-state index < -0.39 is 6.09 Å². The summed E-state index contributed by atoms with van der Waals surface area (Å²) in [4.78, 5) is 12.7. The maximum atomic E-state index is 11.0. The summed E-state index contributed by atoms with van der Waals surface area (Å²) in [7, 11) is 0. The van der Waals surface area contributed by atoms with Gasteiger partial charge in [0.15, 0.2) is 0 Å². The maximum absolute atomic E-state index is 11.0. The number of allylic oxidation sites excluding steroid dienone is 1. The molecule has 0 radical (unpaired) electrons. The predicted molar refractivity (Wildman–Crippen MR) is 52.0 cm³/mol. The van der Waals surface area contributed by atoms with E-state index in [-0.39, 0.29) is 6.04 Å². The first-order valence-electron chi connectivity index (χ1n) is 5.47. The van der Waals surface area contributed by atoms with Gasteiger partial charge in [0.25, 0.3) is 0 Å². The minimum atomic E-state index is -0.731. The maximum Gasteiger partial charge on any atom is 0.407 e. The Labute approximate surface area is 83.4 Å². The molecule has 3 nitrogen and oxygen atoms in total. The van der Waals surface area contributed by atoms with Gasteiger partial charge in [0.05, 0.1) is 6.04 Å². The Kier molecular flexibility index (Phi) is 1.64. The Hall–Kier alpha value is -0.990. The van der Waals surface area contributed by atoms with Crippen molar-refractivity contribution in [3.63, 3.8) is 0 Å². The lowest BCUT2D eigenvalue weighted by Crippen LogP contribution is -2.36. The smallest absolute Gasteiger partial charge is 0.407 e. The Morgan fingerprint density at radius 2 is 2.36 bits per heavy atom. The van der Waals surface area contributed by atoms with E-state index in [4.69, 9.17) is 5.11 Å². The zero-order valence-corrected chi connectivity index (χ0v) is 8.15. The quantitative estimate of drug-likeness (QED) is 0.598. The zero-order chi connectivity index (χ0) is 9.71. The molecule has 1 amide bonds. The first-order chi connectivity index (χ1) is 6.77. The number of fused-ring (bicyclic) bond motifs is 3. The number of hydrogen-bond donors (Lipinski definition) is 1. The molecule has 1 N–H and O–H groups in total. The molecule has 3 atom stereocenters. The fourth-order valence-corrected chi connectivity index (χ4v) is 3.54. The first-order valence-corrected chi connectivity index (χ1v) is 5.47. The summed E-state index contributed by atoms with van der Waals surface area (Å²) in [5.41, 5.74) is 1.44. The van der Waals surface area contributed by atoms with Gasteiger partial charge in [-0.15, -0.1) is 0 Å². The average Bonchev–Trinajstić information content (AvgIpc) is 2.70. The molecule has 2 fully saturated rings. The van der Waals surface area contributed by atoms with Crippen LogP contribution in [0.2, 0.25) is 0 Å². The highest BCUT2D eigenvalue weighted by atomic mass is 16.4. The van der Waals surface area contributed by atoms with Crippen LogP contribution < -0.4 is 0 Å². The van der Waals surface area contributed by atoms with Crippen LogP contribution in [0, 0.1) is 11.8 Å². The highest BCUT2D eigenvalue weighted by Crippen LogP contribution is 2.49. The molecule has 0 aromatic heterocycles. The van der Waals surface area contributed by atoms with Crippen molar-refractivity contribution < 1.29 is 9.90 Å². The third kappa shape index (κ3) is 0.954. The molecule has 0 aromatic rings. The molecule has 1 heterocycles. The summed E-state index contributed by atoms with van der Waals surface area (Å²) < 4.78 is 0. The molecule has 1 saturated heterocycles. The van der Waals surface area contributed by atoms with Crippen LogP contribution in [-0.2, 0) is 0 Å². The second-order valence-corrected chi connectivity index (χ2v) is 4.68. The average molecular weight is 193 g/mol. The van der Waals surface area contributed by atoms with Gasteiger partial charge < -0.3 is 10.0 Å². The van der Waals surface area contributed by atoms with Crippen molar-refractivity contribution in [2.75, 3.05) is 6.54 Å². The summed E-state index contributed by atoms with van der Waals surface area (Å²) in [5.74, 6) is 1.34. The Morgan fingerprint density at radius 1 is 1.50 bits per heavy atom. The minimum Gasteiger partial charge on any atom is -0.465 e. The highest BCUT2D eigenvalue weighted by molar-refractivity contribution is 5.67. The van der Waals surface area contributed by atoms with Crippen LogP contribution in [0.4, 0.5) is 4.79 Å². The second kappa shape index (κ2) is 2.75. The largest absolute Gasteiger partial charge is 0.465 e. The third-order valence-electron chi connectivity index (χ3n) is 4.06. The Morgan fingerprint density at radius 3 is 3.14 bits per heavy atom. The van der Waals surface area contributed by atoms with E-state index in [0.29, 0.717) is 11.8 Å².